The second kappa shape index (κ2) is 5.81. The van der Waals surface area contributed by atoms with Crippen LogP contribution in [0.25, 0.3) is 0 Å². The third kappa shape index (κ3) is 3.11. The lowest BCUT2D eigenvalue weighted by Crippen LogP contribution is -2.29. The smallest absolute Gasteiger partial charge is 0.243 e. The van der Waals surface area contributed by atoms with Gasteiger partial charge in [-0.15, -0.1) is 0 Å². The third-order valence-corrected chi connectivity index (χ3v) is 5.28. The van der Waals surface area contributed by atoms with E-state index in [-0.39, 0.29) is 0 Å². The molecule has 4 nitrogen and oxygen atoms in total. The Kier molecular flexibility index (Phi) is 4.30. The van der Waals surface area contributed by atoms with Crippen molar-refractivity contribution in [2.45, 2.75) is 25.2 Å². The molecule has 0 aliphatic rings. The Morgan fingerprint density at radius 2 is 1.95 bits per heavy atom. The van der Waals surface area contributed by atoms with Gasteiger partial charge in [-0.05, 0) is 43.2 Å². The second-order valence-corrected chi connectivity index (χ2v) is 6.94. The van der Waals surface area contributed by atoms with Gasteiger partial charge in [0.15, 0.2) is 0 Å². The maximum absolute atomic E-state index is 12.6. The highest BCUT2D eigenvalue weighted by Crippen LogP contribution is 2.20. The molecule has 0 unspecified atom stereocenters. The fourth-order valence-corrected chi connectivity index (χ4v) is 3.47. The lowest BCUT2D eigenvalue weighted by Gasteiger charge is -2.18. The molecule has 0 spiro atoms. The van der Waals surface area contributed by atoms with Gasteiger partial charge in [0.25, 0.3) is 0 Å². The van der Waals surface area contributed by atoms with Crippen LogP contribution in [0, 0.1) is 13.8 Å². The summed E-state index contributed by atoms with van der Waals surface area (Å²) in [7, 11) is -1.86. The molecule has 0 fully saturated rings. The maximum Gasteiger partial charge on any atom is 0.243 e. The summed E-state index contributed by atoms with van der Waals surface area (Å²) in [5.74, 6) is 0.785. The first-order valence-corrected chi connectivity index (χ1v) is 7.91. The lowest BCUT2D eigenvalue weighted by molar-refractivity contribution is 0.441. The fraction of sp³-hybridized carbons (Fsp3) is 0.333. The predicted octanol–water partition coefficient (Wildman–Crippen LogP) is 2.76. The quantitative estimate of drug-likeness (QED) is 0.851. The molecule has 0 radical (unpaired) electrons. The minimum atomic E-state index is -3.45. The highest BCUT2D eigenvalue weighted by atomic mass is 32.2. The van der Waals surface area contributed by atoms with Gasteiger partial charge < -0.3 is 4.42 Å². The highest BCUT2D eigenvalue weighted by molar-refractivity contribution is 7.89. The van der Waals surface area contributed by atoms with E-state index in [4.69, 9.17) is 4.42 Å². The third-order valence-electron chi connectivity index (χ3n) is 3.29. The Bertz CT molecular complexity index is 675. The molecular weight excluding hydrogens is 274 g/mol. The van der Waals surface area contributed by atoms with Crippen molar-refractivity contribution in [3.63, 3.8) is 0 Å². The summed E-state index contributed by atoms with van der Waals surface area (Å²) in [5.41, 5.74) is 1.70. The van der Waals surface area contributed by atoms with Crippen LogP contribution < -0.4 is 0 Å². The van der Waals surface area contributed by atoms with Crippen molar-refractivity contribution in [2.75, 3.05) is 13.6 Å². The zero-order valence-corrected chi connectivity index (χ0v) is 12.8. The number of hydrogen-bond donors (Lipinski definition) is 0. The van der Waals surface area contributed by atoms with Gasteiger partial charge in [-0.2, -0.15) is 0 Å². The average molecular weight is 293 g/mol. The first-order valence-electron chi connectivity index (χ1n) is 6.47. The molecule has 1 aromatic heterocycles. The van der Waals surface area contributed by atoms with E-state index in [0.29, 0.717) is 17.9 Å². The molecule has 0 saturated heterocycles. The van der Waals surface area contributed by atoms with Gasteiger partial charge in [0.1, 0.15) is 5.76 Å². The van der Waals surface area contributed by atoms with Crippen LogP contribution in [0.3, 0.4) is 0 Å². The second-order valence-electron chi connectivity index (χ2n) is 4.92. The standard InChI is InChI=1S/C15H19NO3S/c1-12-6-7-13(2)15(11-12)20(17,18)16(3)9-8-14-5-4-10-19-14/h4-7,10-11H,8-9H2,1-3H3. The van der Waals surface area contributed by atoms with Gasteiger partial charge in [0, 0.05) is 20.0 Å². The molecule has 0 saturated carbocycles. The number of furan rings is 1. The van der Waals surface area contributed by atoms with E-state index >= 15 is 0 Å². The normalized spacial score (nSPS) is 12.0. The van der Waals surface area contributed by atoms with Crippen molar-refractivity contribution in [3.8, 4) is 0 Å². The first kappa shape index (κ1) is 14.8. The highest BCUT2D eigenvalue weighted by Gasteiger charge is 2.22. The minimum Gasteiger partial charge on any atom is -0.469 e. The summed E-state index contributed by atoms with van der Waals surface area (Å²) < 4.78 is 31.7. The van der Waals surface area contributed by atoms with Crippen molar-refractivity contribution in [1.29, 1.82) is 0 Å². The summed E-state index contributed by atoms with van der Waals surface area (Å²) in [6, 6.07) is 9.11. The van der Waals surface area contributed by atoms with Crippen molar-refractivity contribution in [1.82, 2.24) is 4.31 Å². The zero-order chi connectivity index (χ0) is 14.8. The SMILES string of the molecule is Cc1ccc(C)c(S(=O)(=O)N(C)CCc2ccco2)c1. The monoisotopic (exact) mass is 293 g/mol. The first-order chi connectivity index (χ1) is 9.41. The predicted molar refractivity (Wildman–Crippen MR) is 78.1 cm³/mol. The van der Waals surface area contributed by atoms with Crippen molar-refractivity contribution >= 4 is 10.0 Å². The number of rotatable bonds is 5. The lowest BCUT2D eigenvalue weighted by atomic mass is 10.2. The van der Waals surface area contributed by atoms with E-state index < -0.39 is 10.0 Å². The molecule has 0 aliphatic carbocycles. The maximum atomic E-state index is 12.6. The number of benzene rings is 1. The Labute approximate surface area is 120 Å². The summed E-state index contributed by atoms with van der Waals surface area (Å²) in [6.45, 7) is 4.09. The van der Waals surface area contributed by atoms with Gasteiger partial charge in [-0.25, -0.2) is 12.7 Å². The Hall–Kier alpha value is -1.59. The van der Waals surface area contributed by atoms with Crippen molar-refractivity contribution < 1.29 is 12.8 Å². The zero-order valence-electron chi connectivity index (χ0n) is 12.0. The summed E-state index contributed by atoms with van der Waals surface area (Å²) in [4.78, 5) is 0.374. The summed E-state index contributed by atoms with van der Waals surface area (Å²) in [6.07, 6.45) is 2.15. The van der Waals surface area contributed by atoms with Crippen LogP contribution in [0.15, 0.2) is 45.9 Å². The molecule has 5 heteroatoms. The van der Waals surface area contributed by atoms with Crippen molar-refractivity contribution in [2.24, 2.45) is 0 Å². The molecule has 0 N–H and O–H groups in total. The average Bonchev–Trinajstić information content (AvgIpc) is 2.91. The van der Waals surface area contributed by atoms with Crippen molar-refractivity contribution in [3.05, 3.63) is 53.5 Å². The van der Waals surface area contributed by atoms with E-state index in [1.165, 1.54) is 4.31 Å². The number of aryl methyl sites for hydroxylation is 2. The van der Waals surface area contributed by atoms with E-state index in [9.17, 15) is 8.42 Å². The van der Waals surface area contributed by atoms with E-state index in [2.05, 4.69) is 0 Å². The molecule has 1 aromatic carbocycles. The molecule has 2 aromatic rings. The molecule has 0 bridgehead atoms. The van der Waals surface area contributed by atoms with Gasteiger partial charge >= 0.3 is 0 Å². The molecule has 0 amide bonds. The largest absolute Gasteiger partial charge is 0.469 e. The van der Waals surface area contributed by atoms with Crippen LogP contribution >= 0.6 is 0 Å². The Balaban J connectivity index is 2.18. The van der Waals surface area contributed by atoms with Gasteiger partial charge in [0.05, 0.1) is 11.2 Å². The van der Waals surface area contributed by atoms with Gasteiger partial charge in [-0.3, -0.25) is 0 Å². The summed E-state index contributed by atoms with van der Waals surface area (Å²) in [5, 5.41) is 0. The van der Waals surface area contributed by atoms with Crippen LogP contribution in [-0.2, 0) is 16.4 Å². The Morgan fingerprint density at radius 3 is 2.60 bits per heavy atom. The molecular formula is C15H19NO3S. The number of nitrogens with zero attached hydrogens (tertiary/aromatic N) is 1. The minimum absolute atomic E-state index is 0.374. The molecule has 20 heavy (non-hydrogen) atoms. The number of sulfonamides is 1. The van der Waals surface area contributed by atoms with E-state index in [1.807, 2.05) is 32.0 Å². The van der Waals surface area contributed by atoms with E-state index in [1.54, 1.807) is 25.4 Å². The molecule has 2 rings (SSSR count). The van der Waals surface area contributed by atoms with Crippen LogP contribution in [0.4, 0.5) is 0 Å². The fourth-order valence-electron chi connectivity index (χ4n) is 2.00. The summed E-state index contributed by atoms with van der Waals surface area (Å²) >= 11 is 0. The van der Waals surface area contributed by atoms with Crippen LogP contribution in [-0.4, -0.2) is 26.3 Å². The number of hydrogen-bond acceptors (Lipinski definition) is 3. The Morgan fingerprint density at radius 1 is 1.20 bits per heavy atom. The van der Waals surface area contributed by atoms with E-state index in [0.717, 1.165) is 16.9 Å². The van der Waals surface area contributed by atoms with Crippen LogP contribution in [0.1, 0.15) is 16.9 Å². The topological polar surface area (TPSA) is 50.5 Å². The van der Waals surface area contributed by atoms with Gasteiger partial charge in [0.2, 0.25) is 10.0 Å². The van der Waals surface area contributed by atoms with Gasteiger partial charge in [-0.1, -0.05) is 12.1 Å². The van der Waals surface area contributed by atoms with Crippen LogP contribution in [0.5, 0.6) is 0 Å². The van der Waals surface area contributed by atoms with Crippen LogP contribution in [0.2, 0.25) is 0 Å². The molecule has 108 valence electrons. The number of likely N-dealkylation sites (N-methyl/N-ethyl adjacent to an activating group) is 1. The molecule has 0 aliphatic heterocycles. The molecule has 1 heterocycles. The molecule has 0 atom stereocenters.